The van der Waals surface area contributed by atoms with Crippen LogP contribution in [0.25, 0.3) is 11.0 Å². The Hall–Kier alpha value is -2.18. The standard InChI is InChI=1S/C15H14ClN3O2S/c1-20-14-11(7-13(16)22-14)19(15(17)18)8-10-6-9-4-2-3-5-12(9)21-10/h2-7H,8H2,1H3,(H3,17,18). The number of nitrogens with one attached hydrogen (secondary N) is 1. The minimum absolute atomic E-state index is 0.103. The van der Waals surface area contributed by atoms with Gasteiger partial charge in [0.25, 0.3) is 0 Å². The number of guanidine groups is 1. The Balaban J connectivity index is 1.96. The van der Waals surface area contributed by atoms with Gasteiger partial charge in [0.15, 0.2) is 11.0 Å². The van der Waals surface area contributed by atoms with Gasteiger partial charge in [-0.05, 0) is 18.2 Å². The van der Waals surface area contributed by atoms with Crippen LogP contribution in [0.3, 0.4) is 0 Å². The number of halogens is 1. The summed E-state index contributed by atoms with van der Waals surface area (Å²) in [6, 6.07) is 11.4. The molecule has 0 fully saturated rings. The summed E-state index contributed by atoms with van der Waals surface area (Å²) >= 11 is 7.33. The highest BCUT2D eigenvalue weighted by atomic mass is 35.5. The van der Waals surface area contributed by atoms with Crippen molar-refractivity contribution in [2.75, 3.05) is 12.0 Å². The Morgan fingerprint density at radius 3 is 2.86 bits per heavy atom. The lowest BCUT2D eigenvalue weighted by Crippen LogP contribution is -2.35. The number of rotatable bonds is 4. The Morgan fingerprint density at radius 2 is 2.18 bits per heavy atom. The highest BCUT2D eigenvalue weighted by molar-refractivity contribution is 7.18. The maximum Gasteiger partial charge on any atom is 0.199 e. The first-order valence-electron chi connectivity index (χ1n) is 6.51. The summed E-state index contributed by atoms with van der Waals surface area (Å²) in [5.41, 5.74) is 7.18. The lowest BCUT2D eigenvalue weighted by molar-refractivity contribution is 0.427. The van der Waals surface area contributed by atoms with E-state index in [0.717, 1.165) is 11.0 Å². The van der Waals surface area contributed by atoms with E-state index >= 15 is 0 Å². The smallest absolute Gasteiger partial charge is 0.199 e. The molecule has 0 atom stereocenters. The number of hydrogen-bond acceptors (Lipinski definition) is 4. The third-order valence-electron chi connectivity index (χ3n) is 3.21. The Bertz CT molecular complexity index is 794. The zero-order valence-corrected chi connectivity index (χ0v) is 13.4. The topological polar surface area (TPSA) is 75.5 Å². The van der Waals surface area contributed by atoms with Crippen LogP contribution in [0, 0.1) is 5.41 Å². The molecule has 0 saturated carbocycles. The van der Waals surface area contributed by atoms with Crippen molar-refractivity contribution in [1.29, 1.82) is 5.41 Å². The van der Waals surface area contributed by atoms with E-state index in [2.05, 4.69) is 0 Å². The number of fused-ring (bicyclic) bond motifs is 1. The van der Waals surface area contributed by atoms with Gasteiger partial charge in [-0.15, -0.1) is 0 Å². The Kier molecular flexibility index (Phi) is 3.96. The van der Waals surface area contributed by atoms with Gasteiger partial charge in [-0.2, -0.15) is 0 Å². The van der Waals surface area contributed by atoms with E-state index in [9.17, 15) is 0 Å². The number of nitrogens with two attached hydrogens (primary N) is 1. The highest BCUT2D eigenvalue weighted by Crippen LogP contribution is 2.40. The molecular weight excluding hydrogens is 322 g/mol. The fourth-order valence-electron chi connectivity index (χ4n) is 2.24. The molecular formula is C15H14ClN3O2S. The molecule has 3 rings (SSSR count). The summed E-state index contributed by atoms with van der Waals surface area (Å²) in [7, 11) is 1.56. The van der Waals surface area contributed by atoms with Crippen LogP contribution in [-0.2, 0) is 6.54 Å². The van der Waals surface area contributed by atoms with E-state index < -0.39 is 0 Å². The van der Waals surface area contributed by atoms with Gasteiger partial charge in [0.2, 0.25) is 0 Å². The van der Waals surface area contributed by atoms with Crippen LogP contribution >= 0.6 is 22.9 Å². The van der Waals surface area contributed by atoms with Gasteiger partial charge < -0.3 is 19.8 Å². The van der Waals surface area contributed by atoms with Crippen LogP contribution in [0.1, 0.15) is 5.76 Å². The van der Waals surface area contributed by atoms with Crippen LogP contribution in [0.4, 0.5) is 5.69 Å². The molecule has 2 heterocycles. The third-order valence-corrected chi connectivity index (χ3v) is 4.42. The maximum absolute atomic E-state index is 7.82. The number of benzene rings is 1. The summed E-state index contributed by atoms with van der Waals surface area (Å²) in [6.07, 6.45) is 0. The summed E-state index contributed by atoms with van der Waals surface area (Å²) < 4.78 is 11.7. The molecule has 22 heavy (non-hydrogen) atoms. The van der Waals surface area contributed by atoms with Crippen LogP contribution in [0.5, 0.6) is 5.06 Å². The van der Waals surface area contributed by atoms with E-state index in [1.165, 1.54) is 11.3 Å². The largest absolute Gasteiger partial charge is 0.486 e. The van der Waals surface area contributed by atoms with Gasteiger partial charge in [-0.1, -0.05) is 41.1 Å². The van der Waals surface area contributed by atoms with E-state index in [1.54, 1.807) is 18.1 Å². The van der Waals surface area contributed by atoms with Gasteiger partial charge in [-0.25, -0.2) is 0 Å². The molecule has 0 spiro atoms. The van der Waals surface area contributed by atoms with Crippen molar-refractivity contribution in [3.63, 3.8) is 0 Å². The molecule has 5 nitrogen and oxygen atoms in total. The van der Waals surface area contributed by atoms with Crippen molar-refractivity contribution in [2.24, 2.45) is 5.73 Å². The summed E-state index contributed by atoms with van der Waals surface area (Å²) in [5, 5.41) is 9.44. The number of thiophene rings is 1. The summed E-state index contributed by atoms with van der Waals surface area (Å²) in [6.45, 7) is 0.327. The summed E-state index contributed by atoms with van der Waals surface area (Å²) in [4.78, 5) is 1.60. The number of nitrogens with zero attached hydrogens (tertiary/aromatic N) is 1. The molecule has 1 aromatic carbocycles. The van der Waals surface area contributed by atoms with E-state index in [4.69, 9.17) is 31.9 Å². The molecule has 7 heteroatoms. The average Bonchev–Trinajstić information content (AvgIpc) is 3.06. The second kappa shape index (κ2) is 5.90. The minimum Gasteiger partial charge on any atom is -0.486 e. The van der Waals surface area contributed by atoms with Crippen molar-refractivity contribution in [3.05, 3.63) is 46.5 Å². The van der Waals surface area contributed by atoms with E-state index in [-0.39, 0.29) is 5.96 Å². The highest BCUT2D eigenvalue weighted by Gasteiger charge is 2.20. The monoisotopic (exact) mass is 335 g/mol. The zero-order chi connectivity index (χ0) is 15.7. The van der Waals surface area contributed by atoms with Gasteiger partial charge in [0.05, 0.1) is 23.7 Å². The second-order valence-corrected chi connectivity index (χ2v) is 6.30. The normalized spacial score (nSPS) is 10.8. The number of hydrogen-bond donors (Lipinski definition) is 2. The van der Waals surface area contributed by atoms with Gasteiger partial charge in [-0.3, -0.25) is 5.41 Å². The Labute approximate surface area is 136 Å². The van der Waals surface area contributed by atoms with Crippen LogP contribution in [0.15, 0.2) is 40.8 Å². The number of ether oxygens (including phenoxy) is 1. The van der Waals surface area contributed by atoms with Crippen LogP contribution in [0.2, 0.25) is 4.34 Å². The Morgan fingerprint density at radius 1 is 1.41 bits per heavy atom. The predicted molar refractivity (Wildman–Crippen MR) is 90.2 cm³/mol. The molecule has 0 aliphatic heterocycles. The minimum atomic E-state index is -0.103. The number of furan rings is 1. The molecule has 0 aliphatic rings. The van der Waals surface area contributed by atoms with Crippen LogP contribution < -0.4 is 15.4 Å². The van der Waals surface area contributed by atoms with Crippen molar-refractivity contribution in [2.45, 2.75) is 6.54 Å². The summed E-state index contributed by atoms with van der Waals surface area (Å²) in [5.74, 6) is 0.606. The predicted octanol–water partition coefficient (Wildman–Crippen LogP) is 4.06. The molecule has 3 aromatic rings. The molecule has 2 aromatic heterocycles. The lowest BCUT2D eigenvalue weighted by Gasteiger charge is -2.21. The molecule has 0 radical (unpaired) electrons. The molecule has 3 N–H and O–H groups in total. The number of anilines is 1. The first-order chi connectivity index (χ1) is 10.6. The zero-order valence-electron chi connectivity index (χ0n) is 11.8. The van der Waals surface area contributed by atoms with Gasteiger partial charge in [0.1, 0.15) is 11.3 Å². The molecule has 0 amide bonds. The molecule has 114 valence electrons. The van der Waals surface area contributed by atoms with E-state index in [1.807, 2.05) is 30.3 Å². The van der Waals surface area contributed by atoms with Crippen molar-refractivity contribution in [1.82, 2.24) is 0 Å². The first-order valence-corrected chi connectivity index (χ1v) is 7.70. The lowest BCUT2D eigenvalue weighted by atomic mass is 10.2. The third kappa shape index (κ3) is 2.75. The second-order valence-electron chi connectivity index (χ2n) is 4.65. The average molecular weight is 336 g/mol. The first kappa shape index (κ1) is 14.7. The van der Waals surface area contributed by atoms with Gasteiger partial charge in [0, 0.05) is 5.39 Å². The molecule has 0 saturated heterocycles. The molecule has 0 bridgehead atoms. The molecule has 0 aliphatic carbocycles. The number of para-hydroxylation sites is 1. The van der Waals surface area contributed by atoms with E-state index in [0.29, 0.717) is 27.4 Å². The van der Waals surface area contributed by atoms with Crippen molar-refractivity contribution < 1.29 is 9.15 Å². The molecule has 0 unspecified atom stereocenters. The SMILES string of the molecule is COc1sc(Cl)cc1N(Cc1cc2ccccc2o1)C(=N)N. The maximum atomic E-state index is 7.82. The van der Waals surface area contributed by atoms with Crippen molar-refractivity contribution in [3.8, 4) is 5.06 Å². The van der Waals surface area contributed by atoms with Gasteiger partial charge >= 0.3 is 0 Å². The number of methoxy groups -OCH3 is 1. The van der Waals surface area contributed by atoms with Crippen molar-refractivity contribution >= 4 is 45.6 Å². The van der Waals surface area contributed by atoms with Crippen LogP contribution in [-0.4, -0.2) is 13.1 Å². The fourth-order valence-corrected chi connectivity index (χ4v) is 3.26. The fraction of sp³-hybridized carbons (Fsp3) is 0.133. The quantitative estimate of drug-likeness (QED) is 0.557.